The van der Waals surface area contributed by atoms with Crippen LogP contribution in [0.1, 0.15) is 16.8 Å². The zero-order valence-electron chi connectivity index (χ0n) is 11.3. The number of halogens is 1. The van der Waals surface area contributed by atoms with Gasteiger partial charge in [0.05, 0.1) is 32.0 Å². The Bertz CT molecular complexity index is 457. The molecule has 110 valence electrons. The first-order valence-corrected chi connectivity index (χ1v) is 6.40. The van der Waals surface area contributed by atoms with Gasteiger partial charge in [0.15, 0.2) is 0 Å². The second-order valence-corrected chi connectivity index (χ2v) is 4.34. The van der Waals surface area contributed by atoms with Gasteiger partial charge >= 0.3 is 5.97 Å². The third kappa shape index (κ3) is 3.91. The lowest BCUT2D eigenvalue weighted by atomic mass is 10.2. The summed E-state index contributed by atoms with van der Waals surface area (Å²) in [5, 5.41) is 0. The molecule has 1 fully saturated rings. The zero-order chi connectivity index (χ0) is 14.4. The van der Waals surface area contributed by atoms with Gasteiger partial charge in [0.2, 0.25) is 0 Å². The number of carbonyl (C=O) groups excluding carboxylic acids is 1. The van der Waals surface area contributed by atoms with Gasteiger partial charge in [-0.05, 0) is 18.6 Å². The van der Waals surface area contributed by atoms with Crippen molar-refractivity contribution < 1.29 is 28.1 Å². The van der Waals surface area contributed by atoms with E-state index < -0.39 is 11.8 Å². The summed E-state index contributed by atoms with van der Waals surface area (Å²) in [6.07, 6.45) is 1.01. The molecule has 0 spiro atoms. The van der Waals surface area contributed by atoms with Crippen molar-refractivity contribution in [2.75, 3.05) is 33.5 Å². The van der Waals surface area contributed by atoms with Crippen molar-refractivity contribution in [1.29, 1.82) is 0 Å². The van der Waals surface area contributed by atoms with Gasteiger partial charge in [-0.15, -0.1) is 0 Å². The van der Waals surface area contributed by atoms with Crippen molar-refractivity contribution >= 4 is 5.97 Å². The molecule has 1 saturated heterocycles. The molecule has 0 radical (unpaired) electrons. The SMILES string of the molecule is COC(=O)c1ccc(OCCOC2CCOC2)cc1F. The van der Waals surface area contributed by atoms with Crippen molar-refractivity contribution in [3.05, 3.63) is 29.6 Å². The highest BCUT2D eigenvalue weighted by atomic mass is 19.1. The van der Waals surface area contributed by atoms with Crippen LogP contribution in [0.5, 0.6) is 5.75 Å². The maximum Gasteiger partial charge on any atom is 0.340 e. The van der Waals surface area contributed by atoms with Gasteiger partial charge in [-0.1, -0.05) is 0 Å². The molecule has 0 aliphatic carbocycles. The molecule has 0 aromatic heterocycles. The molecular weight excluding hydrogens is 267 g/mol. The van der Waals surface area contributed by atoms with Gasteiger partial charge in [0.1, 0.15) is 18.2 Å². The summed E-state index contributed by atoms with van der Waals surface area (Å²) >= 11 is 0. The number of hydrogen-bond acceptors (Lipinski definition) is 5. The smallest absolute Gasteiger partial charge is 0.340 e. The lowest BCUT2D eigenvalue weighted by molar-refractivity contribution is 0.0265. The molecule has 1 aliphatic rings. The van der Waals surface area contributed by atoms with Crippen molar-refractivity contribution in [2.45, 2.75) is 12.5 Å². The van der Waals surface area contributed by atoms with Crippen LogP contribution in [-0.4, -0.2) is 45.6 Å². The Morgan fingerprint density at radius 2 is 2.30 bits per heavy atom. The van der Waals surface area contributed by atoms with Gasteiger partial charge in [-0.25, -0.2) is 9.18 Å². The third-order valence-electron chi connectivity index (χ3n) is 2.94. The Hall–Kier alpha value is -1.66. The summed E-state index contributed by atoms with van der Waals surface area (Å²) in [4.78, 5) is 11.2. The first kappa shape index (κ1) is 14.7. The van der Waals surface area contributed by atoms with E-state index in [0.29, 0.717) is 25.6 Å². The number of methoxy groups -OCH3 is 1. The molecule has 1 atom stereocenters. The van der Waals surface area contributed by atoms with E-state index in [1.54, 1.807) is 0 Å². The topological polar surface area (TPSA) is 54.0 Å². The summed E-state index contributed by atoms with van der Waals surface area (Å²) in [6.45, 7) is 2.07. The molecule has 0 N–H and O–H groups in total. The average molecular weight is 284 g/mol. The molecule has 1 aromatic rings. The van der Waals surface area contributed by atoms with Gasteiger partial charge in [0, 0.05) is 12.7 Å². The zero-order valence-corrected chi connectivity index (χ0v) is 11.3. The average Bonchev–Trinajstić information content (AvgIpc) is 2.96. The minimum Gasteiger partial charge on any atom is -0.491 e. The lowest BCUT2D eigenvalue weighted by Gasteiger charge is -2.11. The van der Waals surface area contributed by atoms with Crippen molar-refractivity contribution in [3.8, 4) is 5.75 Å². The molecular formula is C14H17FO5. The summed E-state index contributed by atoms with van der Waals surface area (Å²) < 4.78 is 34.1. The molecule has 1 aliphatic heterocycles. The first-order valence-electron chi connectivity index (χ1n) is 6.40. The predicted octanol–water partition coefficient (Wildman–Crippen LogP) is 1.80. The second kappa shape index (κ2) is 7.21. The van der Waals surface area contributed by atoms with Crippen LogP contribution in [0.25, 0.3) is 0 Å². The maximum atomic E-state index is 13.6. The maximum absolute atomic E-state index is 13.6. The number of ether oxygens (including phenoxy) is 4. The Morgan fingerprint density at radius 3 is 2.95 bits per heavy atom. The van der Waals surface area contributed by atoms with Crippen molar-refractivity contribution in [1.82, 2.24) is 0 Å². The third-order valence-corrected chi connectivity index (χ3v) is 2.94. The fourth-order valence-corrected chi connectivity index (χ4v) is 1.88. The Labute approximate surface area is 116 Å². The van der Waals surface area contributed by atoms with Crippen LogP contribution in [0.2, 0.25) is 0 Å². The van der Waals surface area contributed by atoms with Gasteiger partial charge in [0.25, 0.3) is 0 Å². The second-order valence-electron chi connectivity index (χ2n) is 4.34. The van der Waals surface area contributed by atoms with Crippen LogP contribution in [0.3, 0.4) is 0 Å². The fourth-order valence-electron chi connectivity index (χ4n) is 1.88. The molecule has 5 nitrogen and oxygen atoms in total. The molecule has 1 unspecified atom stereocenters. The van der Waals surface area contributed by atoms with Crippen molar-refractivity contribution in [3.63, 3.8) is 0 Å². The molecule has 0 amide bonds. The molecule has 1 heterocycles. The van der Waals surface area contributed by atoms with Crippen molar-refractivity contribution in [2.24, 2.45) is 0 Å². The number of hydrogen-bond donors (Lipinski definition) is 0. The Morgan fingerprint density at radius 1 is 1.45 bits per heavy atom. The standard InChI is InChI=1S/C14H17FO5/c1-17-14(16)12-3-2-10(8-13(12)15)19-6-7-20-11-4-5-18-9-11/h2-3,8,11H,4-7,9H2,1H3. The Kier molecular flexibility index (Phi) is 5.31. The van der Waals surface area contributed by atoms with E-state index in [9.17, 15) is 9.18 Å². The summed E-state index contributed by atoms with van der Waals surface area (Å²) in [5.74, 6) is -1.03. The van der Waals surface area contributed by atoms with E-state index in [4.69, 9.17) is 14.2 Å². The van der Waals surface area contributed by atoms with E-state index in [2.05, 4.69) is 4.74 Å². The van der Waals surface area contributed by atoms with E-state index in [-0.39, 0.29) is 11.7 Å². The molecule has 1 aromatic carbocycles. The molecule has 6 heteroatoms. The Balaban J connectivity index is 1.78. The van der Waals surface area contributed by atoms with Gasteiger partial charge < -0.3 is 18.9 Å². The first-order chi connectivity index (χ1) is 9.70. The number of carbonyl (C=O) groups is 1. The summed E-state index contributed by atoms with van der Waals surface area (Å²) in [6, 6.07) is 4.01. The highest BCUT2D eigenvalue weighted by Gasteiger charge is 2.16. The summed E-state index contributed by atoms with van der Waals surface area (Å²) in [5.41, 5.74) is -0.112. The highest BCUT2D eigenvalue weighted by Crippen LogP contribution is 2.17. The summed E-state index contributed by atoms with van der Waals surface area (Å²) in [7, 11) is 1.20. The van der Waals surface area contributed by atoms with E-state index in [1.165, 1.54) is 19.2 Å². The van der Waals surface area contributed by atoms with Crippen LogP contribution in [0.15, 0.2) is 18.2 Å². The largest absolute Gasteiger partial charge is 0.491 e. The van der Waals surface area contributed by atoms with Gasteiger partial charge in [-0.3, -0.25) is 0 Å². The van der Waals surface area contributed by atoms with E-state index in [1.807, 2.05) is 0 Å². The van der Waals surface area contributed by atoms with Gasteiger partial charge in [-0.2, -0.15) is 0 Å². The minimum absolute atomic E-state index is 0.112. The van der Waals surface area contributed by atoms with E-state index >= 15 is 0 Å². The fraction of sp³-hybridized carbons (Fsp3) is 0.500. The molecule has 0 bridgehead atoms. The molecule has 2 rings (SSSR count). The van der Waals surface area contributed by atoms with Crippen LogP contribution < -0.4 is 4.74 Å². The quantitative estimate of drug-likeness (QED) is 0.589. The monoisotopic (exact) mass is 284 g/mol. The number of rotatable bonds is 6. The van der Waals surface area contributed by atoms with E-state index in [0.717, 1.165) is 19.1 Å². The van der Waals surface area contributed by atoms with Crippen LogP contribution >= 0.6 is 0 Å². The number of benzene rings is 1. The molecule has 0 saturated carbocycles. The normalized spacial score (nSPS) is 18.0. The van der Waals surface area contributed by atoms with Crippen LogP contribution in [0.4, 0.5) is 4.39 Å². The highest BCUT2D eigenvalue weighted by molar-refractivity contribution is 5.89. The molecule has 20 heavy (non-hydrogen) atoms. The predicted molar refractivity (Wildman–Crippen MR) is 68.4 cm³/mol. The minimum atomic E-state index is -0.710. The van der Waals surface area contributed by atoms with Crippen LogP contribution in [-0.2, 0) is 14.2 Å². The lowest BCUT2D eigenvalue weighted by Crippen LogP contribution is -2.17. The van der Waals surface area contributed by atoms with Crippen LogP contribution in [0, 0.1) is 5.82 Å². The number of esters is 1.